The van der Waals surface area contributed by atoms with Gasteiger partial charge in [-0.25, -0.2) is 0 Å². The number of benzene rings is 3. The van der Waals surface area contributed by atoms with E-state index in [2.05, 4.69) is 100 Å². The third kappa shape index (κ3) is 3.10. The third-order valence-corrected chi connectivity index (χ3v) is 6.37. The lowest BCUT2D eigenvalue weighted by Gasteiger charge is -2.16. The second-order valence-corrected chi connectivity index (χ2v) is 8.14. The van der Waals surface area contributed by atoms with Crippen molar-refractivity contribution in [2.75, 3.05) is 0 Å². The first kappa shape index (κ1) is 18.0. The maximum Gasteiger partial charge on any atom is 0.0708 e. The summed E-state index contributed by atoms with van der Waals surface area (Å²) in [7, 11) is 0. The molecule has 3 heterocycles. The average molecular weight is 402 g/mol. The fraction of sp³-hybridized carbons (Fsp3) is 0.107. The van der Waals surface area contributed by atoms with Gasteiger partial charge in [-0.3, -0.25) is 4.99 Å². The van der Waals surface area contributed by atoms with E-state index in [1.165, 1.54) is 44.1 Å². The van der Waals surface area contributed by atoms with Crippen molar-refractivity contribution < 1.29 is 0 Å². The van der Waals surface area contributed by atoms with Crippen LogP contribution in [0.5, 0.6) is 0 Å². The highest BCUT2D eigenvalue weighted by atomic mass is 14.8. The minimum atomic E-state index is 0.303. The Kier molecular flexibility index (Phi) is 4.31. The first-order valence-corrected chi connectivity index (χ1v) is 10.8. The van der Waals surface area contributed by atoms with Crippen molar-refractivity contribution in [3.8, 4) is 0 Å². The standard InChI is InChI=1S/C28H23N3/c1-4-13-26-20(9-1)19(16-29-26)8-7-12-21(24-17-30-27-14-5-2-10-22(24)27)25-18-31-28-15-6-3-11-23(25)28/h1-6,8-11,13-18,21,30-31H,7,12H2/b19-8+. The molecule has 0 spiro atoms. The Labute approximate surface area is 181 Å². The fourth-order valence-corrected chi connectivity index (χ4v) is 4.85. The summed E-state index contributed by atoms with van der Waals surface area (Å²) in [4.78, 5) is 11.5. The molecule has 2 aromatic heterocycles. The van der Waals surface area contributed by atoms with Crippen LogP contribution in [-0.2, 0) is 0 Å². The summed E-state index contributed by atoms with van der Waals surface area (Å²) in [6.07, 6.45) is 10.7. The van der Waals surface area contributed by atoms with Gasteiger partial charge in [-0.05, 0) is 47.7 Å². The molecule has 0 saturated heterocycles. The lowest BCUT2D eigenvalue weighted by atomic mass is 9.86. The normalized spacial score (nSPS) is 14.3. The van der Waals surface area contributed by atoms with Crippen LogP contribution < -0.4 is 0 Å². The van der Waals surface area contributed by atoms with Gasteiger partial charge in [-0.2, -0.15) is 0 Å². The number of nitrogens with zero attached hydrogens (tertiary/aromatic N) is 1. The maximum absolute atomic E-state index is 4.56. The molecule has 1 aliphatic heterocycles. The number of rotatable bonds is 5. The van der Waals surface area contributed by atoms with Crippen molar-refractivity contribution in [2.45, 2.75) is 18.8 Å². The van der Waals surface area contributed by atoms with E-state index in [9.17, 15) is 0 Å². The fourth-order valence-electron chi connectivity index (χ4n) is 4.85. The number of allylic oxidation sites excluding steroid dienone is 2. The average Bonchev–Trinajstić information content (AvgIpc) is 3.54. The van der Waals surface area contributed by atoms with Gasteiger partial charge in [-0.15, -0.1) is 0 Å². The minimum absolute atomic E-state index is 0.303. The van der Waals surface area contributed by atoms with Gasteiger partial charge >= 0.3 is 0 Å². The van der Waals surface area contributed by atoms with E-state index in [0.29, 0.717) is 5.92 Å². The summed E-state index contributed by atoms with van der Waals surface area (Å²) in [5, 5.41) is 2.61. The van der Waals surface area contributed by atoms with Gasteiger partial charge in [0.2, 0.25) is 0 Å². The summed E-state index contributed by atoms with van der Waals surface area (Å²) in [5.74, 6) is 0.303. The predicted octanol–water partition coefficient (Wildman–Crippen LogP) is 7.36. The monoisotopic (exact) mass is 401 g/mol. The molecule has 0 radical (unpaired) electrons. The first-order valence-electron chi connectivity index (χ1n) is 10.8. The summed E-state index contributed by atoms with van der Waals surface area (Å²) in [5.41, 5.74) is 8.64. The van der Waals surface area contributed by atoms with Gasteiger partial charge in [-0.1, -0.05) is 60.7 Å². The van der Waals surface area contributed by atoms with Gasteiger partial charge in [0.15, 0.2) is 0 Å². The molecule has 6 rings (SSSR count). The SMILES string of the molecule is C1=Nc2ccccc2/C1=C/CCC(c1c[nH]c2ccccc12)c1c[nH]c2ccccc12. The summed E-state index contributed by atoms with van der Waals surface area (Å²) < 4.78 is 0. The Hall–Kier alpha value is -3.85. The smallest absolute Gasteiger partial charge is 0.0708 e. The summed E-state index contributed by atoms with van der Waals surface area (Å²) >= 11 is 0. The van der Waals surface area contributed by atoms with Gasteiger partial charge in [0.05, 0.1) is 5.69 Å². The quantitative estimate of drug-likeness (QED) is 0.309. The van der Waals surface area contributed by atoms with E-state index in [-0.39, 0.29) is 0 Å². The van der Waals surface area contributed by atoms with E-state index in [1.54, 1.807) is 0 Å². The highest BCUT2D eigenvalue weighted by molar-refractivity contribution is 6.16. The lowest BCUT2D eigenvalue weighted by Crippen LogP contribution is -2.00. The molecule has 0 amide bonds. The third-order valence-electron chi connectivity index (χ3n) is 6.37. The molecular formula is C28H23N3. The van der Waals surface area contributed by atoms with Crippen molar-refractivity contribution in [2.24, 2.45) is 4.99 Å². The molecule has 3 heteroatoms. The zero-order valence-corrected chi connectivity index (χ0v) is 17.2. The Morgan fingerprint density at radius 1 is 0.742 bits per heavy atom. The van der Waals surface area contributed by atoms with E-state index in [4.69, 9.17) is 0 Å². The number of nitrogens with one attached hydrogen (secondary N) is 2. The molecule has 0 atom stereocenters. The van der Waals surface area contributed by atoms with E-state index < -0.39 is 0 Å². The van der Waals surface area contributed by atoms with Crippen LogP contribution in [0.1, 0.15) is 35.4 Å². The number of aromatic amines is 2. The van der Waals surface area contributed by atoms with Crippen LogP contribution >= 0.6 is 0 Å². The van der Waals surface area contributed by atoms with Crippen LogP contribution in [0.3, 0.4) is 0 Å². The molecule has 3 aromatic carbocycles. The molecule has 2 N–H and O–H groups in total. The van der Waals surface area contributed by atoms with Crippen LogP contribution in [0, 0.1) is 0 Å². The van der Waals surface area contributed by atoms with Gasteiger partial charge < -0.3 is 9.97 Å². The number of hydrogen-bond acceptors (Lipinski definition) is 1. The summed E-state index contributed by atoms with van der Waals surface area (Å²) in [6.45, 7) is 0. The molecule has 0 fully saturated rings. The molecule has 0 unspecified atom stereocenters. The second-order valence-electron chi connectivity index (χ2n) is 8.14. The molecule has 1 aliphatic rings. The van der Waals surface area contributed by atoms with Crippen molar-refractivity contribution in [1.29, 1.82) is 0 Å². The number of H-pyrrole nitrogens is 2. The maximum atomic E-state index is 4.56. The highest BCUT2D eigenvalue weighted by Gasteiger charge is 2.21. The van der Waals surface area contributed by atoms with Crippen LogP contribution in [0.15, 0.2) is 96.3 Å². The van der Waals surface area contributed by atoms with E-state index in [1.807, 2.05) is 12.3 Å². The minimum Gasteiger partial charge on any atom is -0.361 e. The Bertz CT molecular complexity index is 1370. The lowest BCUT2D eigenvalue weighted by molar-refractivity contribution is 0.739. The van der Waals surface area contributed by atoms with Crippen LogP contribution in [0.25, 0.3) is 27.4 Å². The molecule has 0 saturated carbocycles. The first-order chi connectivity index (χ1) is 15.4. The summed E-state index contributed by atoms with van der Waals surface area (Å²) in [6, 6.07) is 25.5. The molecule has 3 nitrogen and oxygen atoms in total. The number of hydrogen-bond donors (Lipinski definition) is 2. The molecule has 31 heavy (non-hydrogen) atoms. The Morgan fingerprint density at radius 3 is 2.06 bits per heavy atom. The topological polar surface area (TPSA) is 43.9 Å². The predicted molar refractivity (Wildman–Crippen MR) is 130 cm³/mol. The van der Waals surface area contributed by atoms with Crippen LogP contribution in [0.2, 0.25) is 0 Å². The van der Waals surface area contributed by atoms with E-state index in [0.717, 1.165) is 18.5 Å². The highest BCUT2D eigenvalue weighted by Crippen LogP contribution is 2.38. The number of aliphatic imine (C=N–C) groups is 1. The van der Waals surface area contributed by atoms with Gasteiger partial charge in [0.1, 0.15) is 0 Å². The zero-order valence-electron chi connectivity index (χ0n) is 17.2. The van der Waals surface area contributed by atoms with Crippen molar-refractivity contribution >= 4 is 39.3 Å². The molecule has 0 aliphatic carbocycles. The Balaban J connectivity index is 1.39. The molecular weight excluding hydrogens is 378 g/mol. The van der Waals surface area contributed by atoms with E-state index >= 15 is 0 Å². The molecule has 5 aromatic rings. The molecule has 150 valence electrons. The van der Waals surface area contributed by atoms with Gasteiger partial charge in [0.25, 0.3) is 0 Å². The largest absolute Gasteiger partial charge is 0.361 e. The van der Waals surface area contributed by atoms with Crippen molar-refractivity contribution in [3.63, 3.8) is 0 Å². The number of fused-ring (bicyclic) bond motifs is 3. The molecule has 0 bridgehead atoms. The van der Waals surface area contributed by atoms with Gasteiger partial charge in [0, 0.05) is 51.9 Å². The zero-order chi connectivity index (χ0) is 20.6. The van der Waals surface area contributed by atoms with Crippen molar-refractivity contribution in [1.82, 2.24) is 9.97 Å². The Morgan fingerprint density at radius 2 is 1.35 bits per heavy atom. The number of para-hydroxylation sites is 3. The van der Waals surface area contributed by atoms with Crippen LogP contribution in [0.4, 0.5) is 5.69 Å². The van der Waals surface area contributed by atoms with Crippen LogP contribution in [-0.4, -0.2) is 16.2 Å². The second kappa shape index (κ2) is 7.44. The van der Waals surface area contributed by atoms with Crippen molar-refractivity contribution in [3.05, 3.63) is 108 Å². The number of aromatic nitrogens is 2.